The van der Waals surface area contributed by atoms with Crippen LogP contribution in [0.15, 0.2) is 24.3 Å². The minimum Gasteiger partial charge on any atom is -0.512 e. The van der Waals surface area contributed by atoms with Crippen LogP contribution in [-0.4, -0.2) is 17.4 Å². The van der Waals surface area contributed by atoms with Gasteiger partial charge in [-0.1, -0.05) is 25.5 Å². The van der Waals surface area contributed by atoms with Crippen molar-refractivity contribution in [3.05, 3.63) is 29.8 Å². The maximum Gasteiger partial charge on any atom is 0.707 e. The molecule has 0 bridgehead atoms. The second kappa shape index (κ2) is 6.25. The standard InChI is InChI=1S/C14H21BO3/c1-2-11-3-5-12(6-4-11)13-7-9-14(10-8-13)18-15(16)17/h7-12,16-17H,2-6H2,1H3. The molecule has 1 aliphatic carbocycles. The van der Waals surface area contributed by atoms with E-state index in [1.807, 2.05) is 12.1 Å². The monoisotopic (exact) mass is 248 g/mol. The highest BCUT2D eigenvalue weighted by atomic mass is 16.6. The molecule has 0 radical (unpaired) electrons. The average Bonchev–Trinajstić information content (AvgIpc) is 2.39. The molecular formula is C14H21BO3. The fourth-order valence-corrected chi connectivity index (χ4v) is 2.84. The van der Waals surface area contributed by atoms with Crippen molar-refractivity contribution in [2.45, 2.75) is 44.9 Å². The molecule has 2 N–H and O–H groups in total. The highest BCUT2D eigenvalue weighted by Gasteiger charge is 2.21. The maximum absolute atomic E-state index is 8.71. The smallest absolute Gasteiger partial charge is 0.512 e. The van der Waals surface area contributed by atoms with Crippen LogP contribution in [0.4, 0.5) is 0 Å². The molecule has 0 aromatic heterocycles. The van der Waals surface area contributed by atoms with Crippen LogP contribution in [0.1, 0.15) is 50.5 Å². The van der Waals surface area contributed by atoms with Gasteiger partial charge >= 0.3 is 7.32 Å². The molecule has 1 aromatic rings. The fraction of sp³-hybridized carbons (Fsp3) is 0.571. The Labute approximate surface area is 109 Å². The molecular weight excluding hydrogens is 227 g/mol. The predicted molar refractivity (Wildman–Crippen MR) is 72.3 cm³/mol. The van der Waals surface area contributed by atoms with Crippen LogP contribution in [0.3, 0.4) is 0 Å². The van der Waals surface area contributed by atoms with Crippen molar-refractivity contribution in [3.63, 3.8) is 0 Å². The van der Waals surface area contributed by atoms with Gasteiger partial charge in [0.15, 0.2) is 0 Å². The minimum atomic E-state index is -1.74. The first-order chi connectivity index (χ1) is 8.69. The minimum absolute atomic E-state index is 0.496. The van der Waals surface area contributed by atoms with Crippen molar-refractivity contribution in [2.75, 3.05) is 0 Å². The Kier molecular flexibility index (Phi) is 4.67. The lowest BCUT2D eigenvalue weighted by atomic mass is 9.78. The second-order valence-electron chi connectivity index (χ2n) is 5.14. The molecule has 1 fully saturated rings. The zero-order valence-electron chi connectivity index (χ0n) is 10.9. The van der Waals surface area contributed by atoms with Gasteiger partial charge in [-0.2, -0.15) is 0 Å². The fourth-order valence-electron chi connectivity index (χ4n) is 2.84. The van der Waals surface area contributed by atoms with Gasteiger partial charge in [-0.3, -0.25) is 0 Å². The van der Waals surface area contributed by atoms with Crippen molar-refractivity contribution < 1.29 is 14.7 Å². The van der Waals surface area contributed by atoms with Gasteiger partial charge in [-0.15, -0.1) is 0 Å². The lowest BCUT2D eigenvalue weighted by Gasteiger charge is -2.28. The van der Waals surface area contributed by atoms with E-state index in [4.69, 9.17) is 14.7 Å². The van der Waals surface area contributed by atoms with E-state index >= 15 is 0 Å². The van der Waals surface area contributed by atoms with Crippen molar-refractivity contribution in [2.24, 2.45) is 5.92 Å². The molecule has 1 aliphatic rings. The zero-order chi connectivity index (χ0) is 13.0. The molecule has 0 saturated heterocycles. The summed E-state index contributed by atoms with van der Waals surface area (Å²) in [6.45, 7) is 2.28. The molecule has 4 heteroatoms. The summed E-state index contributed by atoms with van der Waals surface area (Å²) < 4.78 is 4.80. The molecule has 0 spiro atoms. The Balaban J connectivity index is 1.93. The van der Waals surface area contributed by atoms with Gasteiger partial charge < -0.3 is 14.7 Å². The molecule has 3 nitrogen and oxygen atoms in total. The van der Waals surface area contributed by atoms with Gasteiger partial charge in [-0.25, -0.2) is 0 Å². The first-order valence-electron chi connectivity index (χ1n) is 6.81. The maximum atomic E-state index is 8.71. The predicted octanol–water partition coefficient (Wildman–Crippen LogP) is 2.72. The van der Waals surface area contributed by atoms with E-state index in [-0.39, 0.29) is 0 Å². The summed E-state index contributed by atoms with van der Waals surface area (Å²) >= 11 is 0. The van der Waals surface area contributed by atoms with Gasteiger partial charge in [0.05, 0.1) is 0 Å². The van der Waals surface area contributed by atoms with E-state index in [0.29, 0.717) is 11.7 Å². The molecule has 1 saturated carbocycles. The Bertz CT molecular complexity index is 356. The Hall–Kier alpha value is -0.995. The highest BCUT2D eigenvalue weighted by Crippen LogP contribution is 2.37. The summed E-state index contributed by atoms with van der Waals surface area (Å²) in [5, 5.41) is 17.4. The van der Waals surface area contributed by atoms with E-state index in [9.17, 15) is 0 Å². The molecule has 0 amide bonds. The van der Waals surface area contributed by atoms with Crippen LogP contribution in [0.5, 0.6) is 5.75 Å². The average molecular weight is 248 g/mol. The van der Waals surface area contributed by atoms with Crippen LogP contribution in [0.2, 0.25) is 0 Å². The number of rotatable bonds is 4. The van der Waals surface area contributed by atoms with Crippen molar-refractivity contribution in [1.29, 1.82) is 0 Å². The van der Waals surface area contributed by atoms with E-state index in [0.717, 1.165) is 5.92 Å². The second-order valence-corrected chi connectivity index (χ2v) is 5.14. The topological polar surface area (TPSA) is 49.7 Å². The summed E-state index contributed by atoms with van der Waals surface area (Å²) in [6, 6.07) is 7.69. The first kappa shape index (κ1) is 13.4. The van der Waals surface area contributed by atoms with Gasteiger partial charge in [-0.05, 0) is 55.2 Å². The van der Waals surface area contributed by atoms with Gasteiger partial charge in [0.2, 0.25) is 0 Å². The first-order valence-corrected chi connectivity index (χ1v) is 6.81. The normalized spacial score (nSPS) is 23.7. The molecule has 98 valence electrons. The van der Waals surface area contributed by atoms with E-state index in [2.05, 4.69) is 6.92 Å². The molecule has 2 rings (SSSR count). The van der Waals surface area contributed by atoms with Gasteiger partial charge in [0.25, 0.3) is 0 Å². The third-order valence-corrected chi connectivity index (χ3v) is 4.02. The van der Waals surface area contributed by atoms with Crippen LogP contribution < -0.4 is 4.65 Å². The van der Waals surface area contributed by atoms with E-state index < -0.39 is 7.32 Å². The molecule has 0 atom stereocenters. The quantitative estimate of drug-likeness (QED) is 0.805. The Morgan fingerprint density at radius 1 is 1.11 bits per heavy atom. The van der Waals surface area contributed by atoms with Gasteiger partial charge in [0.1, 0.15) is 5.75 Å². The van der Waals surface area contributed by atoms with Crippen molar-refractivity contribution in [1.82, 2.24) is 0 Å². The number of hydrogen-bond donors (Lipinski definition) is 2. The molecule has 0 heterocycles. The third kappa shape index (κ3) is 3.50. The number of benzene rings is 1. The zero-order valence-corrected chi connectivity index (χ0v) is 10.9. The Morgan fingerprint density at radius 3 is 2.22 bits per heavy atom. The van der Waals surface area contributed by atoms with Gasteiger partial charge in [0, 0.05) is 0 Å². The van der Waals surface area contributed by atoms with E-state index in [1.165, 1.54) is 37.7 Å². The van der Waals surface area contributed by atoms with Crippen molar-refractivity contribution in [3.8, 4) is 5.75 Å². The molecule has 0 aliphatic heterocycles. The summed E-state index contributed by atoms with van der Waals surface area (Å²) in [7, 11) is -1.74. The van der Waals surface area contributed by atoms with Crippen molar-refractivity contribution >= 4 is 7.32 Å². The van der Waals surface area contributed by atoms with Crippen LogP contribution in [0.25, 0.3) is 0 Å². The SMILES string of the molecule is CCC1CCC(c2ccc(OB(O)O)cc2)CC1. The van der Waals surface area contributed by atoms with E-state index in [1.54, 1.807) is 12.1 Å². The van der Waals surface area contributed by atoms with Crippen LogP contribution >= 0.6 is 0 Å². The summed E-state index contributed by atoms with van der Waals surface area (Å²) in [5.41, 5.74) is 1.34. The largest absolute Gasteiger partial charge is 0.707 e. The lowest BCUT2D eigenvalue weighted by molar-refractivity contribution is 0.288. The molecule has 18 heavy (non-hydrogen) atoms. The summed E-state index contributed by atoms with van der Waals surface area (Å²) in [4.78, 5) is 0. The highest BCUT2D eigenvalue weighted by molar-refractivity contribution is 6.33. The third-order valence-electron chi connectivity index (χ3n) is 4.02. The summed E-state index contributed by atoms with van der Waals surface area (Å²) in [5.74, 6) is 2.06. The molecule has 0 unspecified atom stereocenters. The van der Waals surface area contributed by atoms with Crippen LogP contribution in [0, 0.1) is 5.92 Å². The van der Waals surface area contributed by atoms with Crippen LogP contribution in [-0.2, 0) is 0 Å². The lowest BCUT2D eigenvalue weighted by Crippen LogP contribution is -2.20. The molecule has 1 aromatic carbocycles. The number of hydrogen-bond acceptors (Lipinski definition) is 3. The Morgan fingerprint density at radius 2 is 1.72 bits per heavy atom. The summed E-state index contributed by atoms with van der Waals surface area (Å²) in [6.07, 6.45) is 6.49.